The Kier molecular flexibility index (Phi) is 3.25. The van der Waals surface area contributed by atoms with E-state index in [0.717, 1.165) is 37.4 Å². The van der Waals surface area contributed by atoms with Crippen molar-refractivity contribution in [3.63, 3.8) is 0 Å². The van der Waals surface area contributed by atoms with E-state index in [1.165, 1.54) is 0 Å². The Labute approximate surface area is 140 Å². The van der Waals surface area contributed by atoms with Gasteiger partial charge in [-0.25, -0.2) is 4.98 Å². The maximum atomic E-state index is 6.01. The molecule has 5 heteroatoms. The summed E-state index contributed by atoms with van der Waals surface area (Å²) in [5.74, 6) is 6.71. The molecule has 0 saturated heterocycles. The van der Waals surface area contributed by atoms with Gasteiger partial charge >= 0.3 is 0 Å². The van der Waals surface area contributed by atoms with E-state index in [-0.39, 0.29) is 0 Å². The molecule has 4 rings (SSSR count). The average Bonchev–Trinajstić information content (AvgIpc) is 2.96. The van der Waals surface area contributed by atoms with Gasteiger partial charge in [0.25, 0.3) is 0 Å². The molecule has 2 aromatic heterocycles. The summed E-state index contributed by atoms with van der Waals surface area (Å²) in [4.78, 5) is 4.22. The zero-order valence-electron chi connectivity index (χ0n) is 12.0. The van der Waals surface area contributed by atoms with Crippen LogP contribution in [-0.2, 0) is 0 Å². The van der Waals surface area contributed by atoms with Crippen molar-refractivity contribution < 1.29 is 0 Å². The SMILES string of the molecule is Nc1ncc2ccccc2c1C#Cc1[nH]nc2cc(Br)ccc12. The Bertz CT molecular complexity index is 1100. The number of nitrogen functional groups attached to an aromatic ring is 1. The summed E-state index contributed by atoms with van der Waals surface area (Å²) >= 11 is 3.44. The lowest BCUT2D eigenvalue weighted by Crippen LogP contribution is -1.95. The molecule has 0 bridgehead atoms. The molecule has 2 heterocycles. The first-order valence-electron chi connectivity index (χ1n) is 7.01. The van der Waals surface area contributed by atoms with E-state index in [1.807, 2.05) is 42.5 Å². The Morgan fingerprint density at radius 3 is 2.83 bits per heavy atom. The molecule has 0 saturated carbocycles. The molecule has 0 unspecified atom stereocenters. The smallest absolute Gasteiger partial charge is 0.139 e. The first-order valence-corrected chi connectivity index (χ1v) is 7.80. The first-order chi connectivity index (χ1) is 11.2. The normalized spacial score (nSPS) is 10.7. The van der Waals surface area contributed by atoms with E-state index < -0.39 is 0 Å². The third kappa shape index (κ3) is 2.43. The second kappa shape index (κ2) is 5.41. The molecule has 0 atom stereocenters. The number of aromatic amines is 1. The molecular weight excluding hydrogens is 352 g/mol. The topological polar surface area (TPSA) is 67.6 Å². The van der Waals surface area contributed by atoms with Gasteiger partial charge in [-0.1, -0.05) is 46.1 Å². The minimum absolute atomic E-state index is 0.433. The highest BCUT2D eigenvalue weighted by atomic mass is 79.9. The molecule has 0 aliphatic heterocycles. The van der Waals surface area contributed by atoms with Crippen molar-refractivity contribution in [1.82, 2.24) is 15.2 Å². The maximum Gasteiger partial charge on any atom is 0.139 e. The van der Waals surface area contributed by atoms with Crippen LogP contribution in [0.1, 0.15) is 11.3 Å². The Morgan fingerprint density at radius 2 is 1.91 bits per heavy atom. The Morgan fingerprint density at radius 1 is 1.04 bits per heavy atom. The van der Waals surface area contributed by atoms with Crippen molar-refractivity contribution >= 4 is 43.4 Å². The van der Waals surface area contributed by atoms with Crippen LogP contribution in [0.2, 0.25) is 0 Å². The van der Waals surface area contributed by atoms with Crippen LogP contribution in [0.4, 0.5) is 5.82 Å². The van der Waals surface area contributed by atoms with Crippen LogP contribution in [0.5, 0.6) is 0 Å². The summed E-state index contributed by atoms with van der Waals surface area (Å²) in [7, 11) is 0. The number of hydrogen-bond acceptors (Lipinski definition) is 3. The molecule has 0 aliphatic carbocycles. The van der Waals surface area contributed by atoms with Gasteiger partial charge < -0.3 is 5.73 Å². The van der Waals surface area contributed by atoms with Gasteiger partial charge in [0.05, 0.1) is 11.1 Å². The van der Waals surface area contributed by atoms with Gasteiger partial charge in [0, 0.05) is 26.8 Å². The number of anilines is 1. The van der Waals surface area contributed by atoms with Crippen LogP contribution in [0, 0.1) is 11.8 Å². The zero-order chi connectivity index (χ0) is 15.8. The van der Waals surface area contributed by atoms with Crippen molar-refractivity contribution in [2.75, 3.05) is 5.73 Å². The number of nitrogens with two attached hydrogens (primary N) is 1. The summed E-state index contributed by atoms with van der Waals surface area (Å²) in [5.41, 5.74) is 8.38. The number of aromatic nitrogens is 3. The number of pyridine rings is 1. The molecule has 4 aromatic rings. The molecule has 0 fully saturated rings. The van der Waals surface area contributed by atoms with Crippen molar-refractivity contribution in [3.05, 3.63) is 64.4 Å². The maximum absolute atomic E-state index is 6.01. The molecule has 0 aliphatic rings. The number of hydrogen-bond donors (Lipinski definition) is 2. The van der Waals surface area contributed by atoms with Crippen LogP contribution >= 0.6 is 15.9 Å². The van der Waals surface area contributed by atoms with Gasteiger partial charge in [-0.2, -0.15) is 5.10 Å². The molecule has 0 amide bonds. The number of nitrogens with zero attached hydrogens (tertiary/aromatic N) is 2. The van der Waals surface area contributed by atoms with E-state index in [2.05, 4.69) is 43.0 Å². The summed E-state index contributed by atoms with van der Waals surface area (Å²) in [6, 6.07) is 13.8. The minimum atomic E-state index is 0.433. The highest BCUT2D eigenvalue weighted by Crippen LogP contribution is 2.22. The van der Waals surface area contributed by atoms with Gasteiger partial charge in [0.1, 0.15) is 11.5 Å². The highest BCUT2D eigenvalue weighted by Gasteiger charge is 2.06. The molecule has 0 radical (unpaired) electrons. The van der Waals surface area contributed by atoms with Crippen molar-refractivity contribution in [2.45, 2.75) is 0 Å². The summed E-state index contributed by atoms with van der Waals surface area (Å²) in [6.45, 7) is 0. The van der Waals surface area contributed by atoms with Gasteiger partial charge in [-0.05, 0) is 24.1 Å². The fraction of sp³-hybridized carbons (Fsp3) is 0. The standard InChI is InChI=1S/C18H11BrN4/c19-12-5-6-15-16(22-23-17(15)9-12)8-7-14-13-4-2-1-3-11(13)10-21-18(14)20/h1-6,9-10H,(H2,20,21)(H,22,23). The predicted molar refractivity (Wildman–Crippen MR) is 95.9 cm³/mol. The Balaban J connectivity index is 1.88. The third-order valence-corrected chi connectivity index (χ3v) is 4.15. The number of benzene rings is 2. The van der Waals surface area contributed by atoms with E-state index in [9.17, 15) is 0 Å². The monoisotopic (exact) mass is 362 g/mol. The van der Waals surface area contributed by atoms with Gasteiger partial charge in [0.15, 0.2) is 0 Å². The van der Waals surface area contributed by atoms with Gasteiger partial charge in [-0.3, -0.25) is 5.10 Å². The largest absolute Gasteiger partial charge is 0.383 e. The highest BCUT2D eigenvalue weighted by molar-refractivity contribution is 9.10. The fourth-order valence-corrected chi connectivity index (χ4v) is 2.86. The quantitative estimate of drug-likeness (QED) is 0.466. The first kappa shape index (κ1) is 13.8. The summed E-state index contributed by atoms with van der Waals surface area (Å²) < 4.78 is 0.985. The predicted octanol–water partition coefficient (Wildman–Crippen LogP) is 3.86. The molecular formula is C18H11BrN4. The fourth-order valence-electron chi connectivity index (χ4n) is 2.52. The van der Waals surface area contributed by atoms with Gasteiger partial charge in [0.2, 0.25) is 0 Å². The van der Waals surface area contributed by atoms with Gasteiger partial charge in [-0.15, -0.1) is 0 Å². The average molecular weight is 363 g/mol. The summed E-state index contributed by atoms with van der Waals surface area (Å²) in [6.07, 6.45) is 1.76. The van der Waals surface area contributed by atoms with Crippen LogP contribution in [0.15, 0.2) is 53.1 Å². The number of fused-ring (bicyclic) bond motifs is 2. The molecule has 4 nitrogen and oxygen atoms in total. The van der Waals surface area contributed by atoms with Crippen LogP contribution in [0.3, 0.4) is 0 Å². The van der Waals surface area contributed by atoms with Crippen LogP contribution in [-0.4, -0.2) is 15.2 Å². The molecule has 110 valence electrons. The van der Waals surface area contributed by atoms with E-state index in [0.29, 0.717) is 5.82 Å². The van der Waals surface area contributed by atoms with E-state index in [4.69, 9.17) is 5.73 Å². The second-order valence-electron chi connectivity index (χ2n) is 5.12. The van der Waals surface area contributed by atoms with Crippen molar-refractivity contribution in [2.24, 2.45) is 0 Å². The number of halogens is 1. The molecule has 23 heavy (non-hydrogen) atoms. The molecule has 0 spiro atoms. The van der Waals surface area contributed by atoms with Crippen LogP contribution < -0.4 is 5.73 Å². The van der Waals surface area contributed by atoms with Crippen molar-refractivity contribution in [3.8, 4) is 11.8 Å². The lowest BCUT2D eigenvalue weighted by molar-refractivity contribution is 1.10. The number of H-pyrrole nitrogens is 1. The Hall–Kier alpha value is -2.84. The number of rotatable bonds is 0. The second-order valence-corrected chi connectivity index (χ2v) is 6.03. The van der Waals surface area contributed by atoms with Crippen molar-refractivity contribution in [1.29, 1.82) is 0 Å². The lowest BCUT2D eigenvalue weighted by atomic mass is 10.1. The lowest BCUT2D eigenvalue weighted by Gasteiger charge is -2.02. The van der Waals surface area contributed by atoms with E-state index >= 15 is 0 Å². The van der Waals surface area contributed by atoms with E-state index in [1.54, 1.807) is 6.20 Å². The summed E-state index contributed by atoms with van der Waals surface area (Å²) in [5, 5.41) is 10.2. The minimum Gasteiger partial charge on any atom is -0.383 e. The molecule has 2 aromatic carbocycles. The molecule has 3 N–H and O–H groups in total. The van der Waals surface area contributed by atoms with Crippen LogP contribution in [0.25, 0.3) is 21.7 Å². The number of nitrogens with one attached hydrogen (secondary N) is 1. The third-order valence-electron chi connectivity index (χ3n) is 3.66. The zero-order valence-corrected chi connectivity index (χ0v) is 13.6.